The summed E-state index contributed by atoms with van der Waals surface area (Å²) in [7, 11) is 0. The number of fused-ring (bicyclic) bond motifs is 5. The Bertz CT molecular complexity index is 475. The number of hydrogen-bond donors (Lipinski definition) is 2. The zero-order chi connectivity index (χ0) is 15.5. The predicted octanol–water partition coefficient (Wildman–Crippen LogP) is 2.93. The van der Waals surface area contributed by atoms with E-state index in [9.17, 15) is 15.0 Å². The second-order valence-corrected chi connectivity index (χ2v) is 8.89. The van der Waals surface area contributed by atoms with E-state index in [1.54, 1.807) is 0 Å². The summed E-state index contributed by atoms with van der Waals surface area (Å²) in [6.07, 6.45) is 8.87. The number of aliphatic hydroxyl groups is 2. The number of carbonyl (C=O) groups excluding carboxylic acids is 1. The minimum atomic E-state index is -0.164. The highest BCUT2D eigenvalue weighted by molar-refractivity contribution is 5.87. The molecule has 3 heteroatoms. The van der Waals surface area contributed by atoms with Gasteiger partial charge in [0.25, 0.3) is 0 Å². The molecule has 0 aliphatic heterocycles. The van der Waals surface area contributed by atoms with Crippen molar-refractivity contribution < 1.29 is 15.0 Å². The van der Waals surface area contributed by atoms with Gasteiger partial charge < -0.3 is 10.2 Å². The van der Waals surface area contributed by atoms with Gasteiger partial charge in [-0.3, -0.25) is 4.79 Å². The van der Waals surface area contributed by atoms with Crippen molar-refractivity contribution in [2.24, 2.45) is 34.5 Å². The van der Waals surface area contributed by atoms with Crippen LogP contribution >= 0.6 is 0 Å². The molecular weight excluding hydrogens is 276 g/mol. The van der Waals surface area contributed by atoms with E-state index >= 15 is 0 Å². The van der Waals surface area contributed by atoms with Crippen LogP contribution in [0.5, 0.6) is 0 Å². The van der Waals surface area contributed by atoms with E-state index < -0.39 is 0 Å². The highest BCUT2D eigenvalue weighted by Crippen LogP contribution is 2.65. The number of rotatable bonds is 1. The van der Waals surface area contributed by atoms with Gasteiger partial charge in [0.2, 0.25) is 0 Å². The summed E-state index contributed by atoms with van der Waals surface area (Å²) in [5, 5.41) is 20.4. The summed E-state index contributed by atoms with van der Waals surface area (Å²) in [6.45, 7) is 2.49. The maximum absolute atomic E-state index is 12.4. The van der Waals surface area contributed by atoms with Crippen molar-refractivity contribution in [1.82, 2.24) is 0 Å². The molecule has 2 N–H and O–H groups in total. The molecule has 4 rings (SSSR count). The van der Waals surface area contributed by atoms with Gasteiger partial charge in [0, 0.05) is 18.4 Å². The van der Waals surface area contributed by atoms with Crippen LogP contribution < -0.4 is 0 Å². The lowest BCUT2D eigenvalue weighted by atomic mass is 9.45. The van der Waals surface area contributed by atoms with Crippen molar-refractivity contribution in [3.8, 4) is 0 Å². The average molecular weight is 306 g/mol. The smallest absolute Gasteiger partial charge is 0.139 e. The molecule has 124 valence electrons. The fourth-order valence-electron chi connectivity index (χ4n) is 7.11. The summed E-state index contributed by atoms with van der Waals surface area (Å²) in [5.74, 6) is 2.74. The standard InChI is InChI=1S/C19H30O3/c1-18-8-7-16-14(15(18)4-5-17(18)22)3-2-12-10-13(21)6-9-19(12,16)11-20/h12-16,20-21H,2-11H2,1H3/t12-,13-,14-,15-,16+,18-,19+/m0/s1. The Morgan fingerprint density at radius 2 is 1.91 bits per heavy atom. The summed E-state index contributed by atoms with van der Waals surface area (Å²) >= 11 is 0. The van der Waals surface area contributed by atoms with E-state index in [-0.39, 0.29) is 23.5 Å². The number of aliphatic hydroxyl groups excluding tert-OH is 2. The molecule has 4 aliphatic rings. The normalized spacial score (nSPS) is 54.5. The van der Waals surface area contributed by atoms with Gasteiger partial charge in [0.05, 0.1) is 6.10 Å². The summed E-state index contributed by atoms with van der Waals surface area (Å²) in [4.78, 5) is 12.4. The zero-order valence-corrected chi connectivity index (χ0v) is 13.8. The van der Waals surface area contributed by atoms with E-state index in [0.717, 1.165) is 51.4 Å². The predicted molar refractivity (Wildman–Crippen MR) is 84.2 cm³/mol. The third kappa shape index (κ3) is 1.84. The van der Waals surface area contributed by atoms with Gasteiger partial charge in [0.15, 0.2) is 0 Å². The number of Topliss-reactive ketones (excluding diaryl/α,β-unsaturated/α-hetero) is 1. The molecule has 3 nitrogen and oxygen atoms in total. The van der Waals surface area contributed by atoms with Gasteiger partial charge in [-0.1, -0.05) is 6.92 Å². The van der Waals surface area contributed by atoms with E-state index in [1.165, 1.54) is 6.42 Å². The van der Waals surface area contributed by atoms with Crippen LogP contribution in [-0.2, 0) is 4.79 Å². The molecule has 4 saturated carbocycles. The molecule has 0 aromatic rings. The second kappa shape index (κ2) is 5.04. The van der Waals surface area contributed by atoms with Crippen molar-refractivity contribution in [2.45, 2.75) is 70.8 Å². The number of hydrogen-bond acceptors (Lipinski definition) is 3. The van der Waals surface area contributed by atoms with Crippen molar-refractivity contribution in [3.63, 3.8) is 0 Å². The SMILES string of the molecule is C[C@]12CC[C@@H]3[C@@H](CC[C@H]4C[C@@H](O)CC[C@@]43CO)[C@@H]1CCC2=O. The number of ketones is 1. The molecule has 0 radical (unpaired) electrons. The van der Waals surface area contributed by atoms with Crippen molar-refractivity contribution >= 4 is 5.78 Å². The quantitative estimate of drug-likeness (QED) is 0.783. The fourth-order valence-corrected chi connectivity index (χ4v) is 7.11. The molecule has 7 atom stereocenters. The Balaban J connectivity index is 1.66. The van der Waals surface area contributed by atoms with E-state index in [2.05, 4.69) is 6.92 Å². The zero-order valence-electron chi connectivity index (χ0n) is 13.8. The molecule has 0 aromatic carbocycles. The Kier molecular flexibility index (Phi) is 3.47. The molecule has 0 saturated heterocycles. The van der Waals surface area contributed by atoms with Gasteiger partial charge in [-0.15, -0.1) is 0 Å². The van der Waals surface area contributed by atoms with Crippen LogP contribution in [0.1, 0.15) is 64.7 Å². The number of carbonyl (C=O) groups is 1. The molecule has 0 spiro atoms. The third-order valence-corrected chi connectivity index (χ3v) is 8.34. The van der Waals surface area contributed by atoms with Gasteiger partial charge in [-0.2, -0.15) is 0 Å². The van der Waals surface area contributed by atoms with E-state index in [1.807, 2.05) is 0 Å². The Morgan fingerprint density at radius 1 is 1.09 bits per heavy atom. The minimum absolute atomic E-state index is 0.0368. The average Bonchev–Trinajstić information content (AvgIpc) is 2.82. The molecule has 0 amide bonds. The Labute approximate surface area is 133 Å². The van der Waals surface area contributed by atoms with Crippen LogP contribution in [0.4, 0.5) is 0 Å². The first-order chi connectivity index (χ1) is 10.5. The molecule has 0 aromatic heterocycles. The van der Waals surface area contributed by atoms with Gasteiger partial charge in [-0.25, -0.2) is 0 Å². The van der Waals surface area contributed by atoms with Crippen molar-refractivity contribution in [2.75, 3.05) is 6.61 Å². The maximum Gasteiger partial charge on any atom is 0.139 e. The summed E-state index contributed by atoms with van der Waals surface area (Å²) < 4.78 is 0. The second-order valence-electron chi connectivity index (χ2n) is 8.89. The van der Waals surface area contributed by atoms with Gasteiger partial charge in [-0.05, 0) is 80.5 Å². The molecule has 0 heterocycles. The maximum atomic E-state index is 12.4. The topological polar surface area (TPSA) is 57.5 Å². The molecule has 22 heavy (non-hydrogen) atoms. The lowest BCUT2D eigenvalue weighted by Crippen LogP contribution is -2.56. The highest BCUT2D eigenvalue weighted by atomic mass is 16.3. The first-order valence-corrected chi connectivity index (χ1v) is 9.33. The Morgan fingerprint density at radius 3 is 2.68 bits per heavy atom. The van der Waals surface area contributed by atoms with Crippen LogP contribution in [0, 0.1) is 34.5 Å². The van der Waals surface area contributed by atoms with E-state index in [0.29, 0.717) is 29.5 Å². The first kappa shape index (κ1) is 15.1. The minimum Gasteiger partial charge on any atom is -0.396 e. The monoisotopic (exact) mass is 306 g/mol. The molecule has 4 fully saturated rings. The molecule has 0 bridgehead atoms. The van der Waals surface area contributed by atoms with Crippen LogP contribution in [-0.4, -0.2) is 28.7 Å². The van der Waals surface area contributed by atoms with Crippen molar-refractivity contribution in [3.05, 3.63) is 0 Å². The Hall–Kier alpha value is -0.410. The highest BCUT2D eigenvalue weighted by Gasteiger charge is 2.61. The van der Waals surface area contributed by atoms with Crippen LogP contribution in [0.15, 0.2) is 0 Å². The van der Waals surface area contributed by atoms with Crippen LogP contribution in [0.25, 0.3) is 0 Å². The fraction of sp³-hybridized carbons (Fsp3) is 0.947. The lowest BCUT2D eigenvalue weighted by molar-refractivity contribution is -0.156. The summed E-state index contributed by atoms with van der Waals surface area (Å²) in [5.41, 5.74) is -0.0338. The summed E-state index contributed by atoms with van der Waals surface area (Å²) in [6, 6.07) is 0. The molecule has 0 unspecified atom stereocenters. The largest absolute Gasteiger partial charge is 0.396 e. The van der Waals surface area contributed by atoms with Crippen LogP contribution in [0.2, 0.25) is 0 Å². The lowest BCUT2D eigenvalue weighted by Gasteiger charge is -2.60. The van der Waals surface area contributed by atoms with E-state index in [4.69, 9.17) is 0 Å². The van der Waals surface area contributed by atoms with Crippen LogP contribution in [0.3, 0.4) is 0 Å². The van der Waals surface area contributed by atoms with Crippen molar-refractivity contribution in [1.29, 1.82) is 0 Å². The first-order valence-electron chi connectivity index (χ1n) is 9.33. The third-order valence-electron chi connectivity index (χ3n) is 8.34. The molecular formula is C19H30O3. The van der Waals surface area contributed by atoms with Gasteiger partial charge in [0.1, 0.15) is 5.78 Å². The van der Waals surface area contributed by atoms with Gasteiger partial charge >= 0.3 is 0 Å². The molecule has 4 aliphatic carbocycles.